The van der Waals surface area contributed by atoms with E-state index < -0.39 is 5.91 Å². The first-order chi connectivity index (χ1) is 15.0. The fraction of sp³-hybridized carbons (Fsp3) is 0.238. The normalized spacial score (nSPS) is 10.3. The SMILES string of the molecule is COc1ccc(OC)c(C(=O)NCCn2cc(C(=O)Nc3ccccc3OC)nn2)c1. The van der Waals surface area contributed by atoms with Crippen molar-refractivity contribution in [2.45, 2.75) is 6.54 Å². The van der Waals surface area contributed by atoms with Gasteiger partial charge < -0.3 is 24.8 Å². The summed E-state index contributed by atoms with van der Waals surface area (Å²) in [7, 11) is 4.54. The van der Waals surface area contributed by atoms with Gasteiger partial charge in [0, 0.05) is 6.54 Å². The number of rotatable bonds is 9. The van der Waals surface area contributed by atoms with E-state index in [4.69, 9.17) is 14.2 Å². The Balaban J connectivity index is 1.57. The molecule has 1 heterocycles. The first kappa shape index (κ1) is 21.6. The van der Waals surface area contributed by atoms with Crippen LogP contribution in [0.15, 0.2) is 48.7 Å². The van der Waals surface area contributed by atoms with Crippen LogP contribution >= 0.6 is 0 Å². The molecule has 0 unspecified atom stereocenters. The monoisotopic (exact) mass is 425 g/mol. The minimum absolute atomic E-state index is 0.145. The van der Waals surface area contributed by atoms with Crippen LogP contribution in [0.25, 0.3) is 0 Å². The van der Waals surface area contributed by atoms with Crippen LogP contribution in [0.5, 0.6) is 17.2 Å². The van der Waals surface area contributed by atoms with E-state index in [-0.39, 0.29) is 18.1 Å². The largest absolute Gasteiger partial charge is 0.497 e. The van der Waals surface area contributed by atoms with Gasteiger partial charge in [-0.1, -0.05) is 17.3 Å². The van der Waals surface area contributed by atoms with Crippen molar-refractivity contribution in [2.24, 2.45) is 0 Å². The van der Waals surface area contributed by atoms with Gasteiger partial charge in [-0.15, -0.1) is 5.10 Å². The molecule has 2 amide bonds. The highest BCUT2D eigenvalue weighted by molar-refractivity contribution is 6.03. The molecule has 31 heavy (non-hydrogen) atoms. The molecule has 0 aliphatic rings. The van der Waals surface area contributed by atoms with Crippen molar-refractivity contribution in [3.8, 4) is 17.2 Å². The highest BCUT2D eigenvalue weighted by Crippen LogP contribution is 2.24. The molecule has 0 fully saturated rings. The van der Waals surface area contributed by atoms with E-state index in [0.717, 1.165) is 0 Å². The number of methoxy groups -OCH3 is 3. The number of anilines is 1. The number of nitrogens with one attached hydrogen (secondary N) is 2. The summed E-state index contributed by atoms with van der Waals surface area (Å²) in [5.41, 5.74) is 1.04. The second kappa shape index (κ2) is 10.1. The van der Waals surface area contributed by atoms with Crippen LogP contribution in [-0.4, -0.2) is 54.7 Å². The topological polar surface area (TPSA) is 117 Å². The van der Waals surface area contributed by atoms with Gasteiger partial charge in [0.2, 0.25) is 0 Å². The number of carbonyl (C=O) groups is 2. The molecular weight excluding hydrogens is 402 g/mol. The van der Waals surface area contributed by atoms with Gasteiger partial charge in [0.25, 0.3) is 11.8 Å². The Morgan fingerprint density at radius 3 is 2.48 bits per heavy atom. The van der Waals surface area contributed by atoms with Crippen LogP contribution in [0.4, 0.5) is 5.69 Å². The van der Waals surface area contributed by atoms with Crippen molar-refractivity contribution in [3.63, 3.8) is 0 Å². The molecule has 1 aromatic heterocycles. The van der Waals surface area contributed by atoms with Gasteiger partial charge in [0.05, 0.1) is 45.3 Å². The molecule has 0 atom stereocenters. The van der Waals surface area contributed by atoms with Gasteiger partial charge in [-0.3, -0.25) is 9.59 Å². The maximum absolute atomic E-state index is 12.5. The molecule has 10 nitrogen and oxygen atoms in total. The zero-order chi connectivity index (χ0) is 22.2. The van der Waals surface area contributed by atoms with E-state index >= 15 is 0 Å². The Morgan fingerprint density at radius 2 is 1.74 bits per heavy atom. The molecule has 2 N–H and O–H groups in total. The van der Waals surface area contributed by atoms with Gasteiger partial charge in [0.1, 0.15) is 17.2 Å². The smallest absolute Gasteiger partial charge is 0.277 e. The Morgan fingerprint density at radius 1 is 0.968 bits per heavy atom. The van der Waals surface area contributed by atoms with Crippen LogP contribution in [-0.2, 0) is 6.54 Å². The Labute approximate surface area is 179 Å². The van der Waals surface area contributed by atoms with E-state index in [0.29, 0.717) is 35.0 Å². The minimum Gasteiger partial charge on any atom is -0.497 e. The number of nitrogens with zero attached hydrogens (tertiary/aromatic N) is 3. The van der Waals surface area contributed by atoms with E-state index in [1.807, 2.05) is 0 Å². The molecule has 162 valence electrons. The molecule has 0 aliphatic carbocycles. The Bertz CT molecular complexity index is 1070. The molecule has 0 saturated carbocycles. The van der Waals surface area contributed by atoms with Crippen molar-refractivity contribution in [2.75, 3.05) is 33.2 Å². The van der Waals surface area contributed by atoms with Crippen LogP contribution in [0, 0.1) is 0 Å². The maximum atomic E-state index is 12.5. The zero-order valence-corrected chi connectivity index (χ0v) is 17.4. The average Bonchev–Trinajstić information content (AvgIpc) is 3.28. The van der Waals surface area contributed by atoms with E-state index in [1.165, 1.54) is 32.2 Å². The summed E-state index contributed by atoms with van der Waals surface area (Å²) in [5.74, 6) is 0.798. The third-order valence-corrected chi connectivity index (χ3v) is 4.40. The molecule has 3 rings (SSSR count). The lowest BCUT2D eigenvalue weighted by Crippen LogP contribution is -2.27. The predicted octanol–water partition coefficient (Wildman–Crippen LogP) is 1.99. The summed E-state index contributed by atoms with van der Waals surface area (Å²) >= 11 is 0. The number of aromatic nitrogens is 3. The predicted molar refractivity (Wildman–Crippen MR) is 113 cm³/mol. The molecule has 0 bridgehead atoms. The number of hydrogen-bond acceptors (Lipinski definition) is 7. The van der Waals surface area contributed by atoms with Gasteiger partial charge in [-0.25, -0.2) is 4.68 Å². The Hall–Kier alpha value is -4.08. The number of amides is 2. The molecule has 0 spiro atoms. The Kier molecular flexibility index (Phi) is 7.05. The number of ether oxygens (including phenoxy) is 3. The summed E-state index contributed by atoms with van der Waals surface area (Å²) < 4.78 is 17.1. The molecule has 0 saturated heterocycles. The first-order valence-electron chi connectivity index (χ1n) is 9.40. The molecule has 0 aliphatic heterocycles. The number of hydrogen-bond donors (Lipinski definition) is 2. The first-order valence-corrected chi connectivity index (χ1v) is 9.40. The van der Waals surface area contributed by atoms with Crippen molar-refractivity contribution in [1.29, 1.82) is 0 Å². The van der Waals surface area contributed by atoms with Crippen LogP contribution < -0.4 is 24.8 Å². The van der Waals surface area contributed by atoms with Crippen molar-refractivity contribution < 1.29 is 23.8 Å². The standard InChI is InChI=1S/C21H23N5O5/c1-29-14-8-9-18(30-2)15(12-14)20(27)22-10-11-26-13-17(24-25-26)21(28)23-16-6-4-5-7-19(16)31-3/h4-9,12-13H,10-11H2,1-3H3,(H,22,27)(H,23,28). The van der Waals surface area contributed by atoms with Gasteiger partial charge in [0.15, 0.2) is 5.69 Å². The third kappa shape index (κ3) is 5.30. The fourth-order valence-corrected chi connectivity index (χ4v) is 2.82. The van der Waals surface area contributed by atoms with Gasteiger partial charge >= 0.3 is 0 Å². The number of benzene rings is 2. The second-order valence-electron chi connectivity index (χ2n) is 6.34. The zero-order valence-electron chi connectivity index (χ0n) is 17.4. The van der Waals surface area contributed by atoms with E-state index in [1.54, 1.807) is 42.5 Å². The molecular formula is C21H23N5O5. The van der Waals surface area contributed by atoms with Crippen molar-refractivity contribution >= 4 is 17.5 Å². The number of para-hydroxylation sites is 2. The second-order valence-corrected chi connectivity index (χ2v) is 6.34. The maximum Gasteiger partial charge on any atom is 0.277 e. The molecule has 2 aromatic carbocycles. The minimum atomic E-state index is -0.416. The lowest BCUT2D eigenvalue weighted by atomic mass is 10.1. The van der Waals surface area contributed by atoms with Crippen molar-refractivity contribution in [1.82, 2.24) is 20.3 Å². The average molecular weight is 425 g/mol. The van der Waals surface area contributed by atoms with Crippen LogP contribution in [0.1, 0.15) is 20.8 Å². The lowest BCUT2D eigenvalue weighted by Gasteiger charge is -2.10. The van der Waals surface area contributed by atoms with Gasteiger partial charge in [-0.05, 0) is 30.3 Å². The highest BCUT2D eigenvalue weighted by Gasteiger charge is 2.15. The molecule has 0 radical (unpaired) electrons. The van der Waals surface area contributed by atoms with E-state index in [9.17, 15) is 9.59 Å². The van der Waals surface area contributed by atoms with Crippen molar-refractivity contribution in [3.05, 3.63) is 59.9 Å². The fourth-order valence-electron chi connectivity index (χ4n) is 2.82. The summed E-state index contributed by atoms with van der Waals surface area (Å²) in [6, 6.07) is 12.0. The highest BCUT2D eigenvalue weighted by atomic mass is 16.5. The summed E-state index contributed by atoms with van der Waals surface area (Å²) in [4.78, 5) is 24.9. The summed E-state index contributed by atoms with van der Waals surface area (Å²) in [6.45, 7) is 0.600. The quantitative estimate of drug-likeness (QED) is 0.538. The lowest BCUT2D eigenvalue weighted by molar-refractivity contribution is 0.0947. The van der Waals surface area contributed by atoms with E-state index in [2.05, 4.69) is 20.9 Å². The van der Waals surface area contributed by atoms with Crippen LogP contribution in [0.2, 0.25) is 0 Å². The summed E-state index contributed by atoms with van der Waals surface area (Å²) in [6.07, 6.45) is 1.50. The van der Waals surface area contributed by atoms with Crippen LogP contribution in [0.3, 0.4) is 0 Å². The number of carbonyl (C=O) groups excluding carboxylic acids is 2. The third-order valence-electron chi connectivity index (χ3n) is 4.40. The molecule has 10 heteroatoms. The summed E-state index contributed by atoms with van der Waals surface area (Å²) in [5, 5.41) is 13.3. The molecule has 3 aromatic rings. The van der Waals surface area contributed by atoms with Gasteiger partial charge in [-0.2, -0.15) is 0 Å².